The molecule has 2 aliphatic rings. The Morgan fingerprint density at radius 2 is 1.60 bits per heavy atom. The molecule has 0 radical (unpaired) electrons. The lowest BCUT2D eigenvalue weighted by Crippen LogP contribution is -2.30. The van der Waals surface area contributed by atoms with Crippen LogP contribution in [0.1, 0.15) is 26.2 Å². The molecule has 2 aliphatic heterocycles. The number of halogens is 2. The normalized spacial score (nSPS) is 18.2. The smallest absolute Gasteiger partial charge is 0.305 e. The Bertz CT molecular complexity index is 1220. The number of benzene rings is 2. The van der Waals surface area contributed by atoms with Gasteiger partial charge in [-0.05, 0) is 60.5 Å². The Kier molecular flexibility index (Phi) is 8.27. The summed E-state index contributed by atoms with van der Waals surface area (Å²) in [7, 11) is 0. The van der Waals surface area contributed by atoms with Crippen LogP contribution in [0.2, 0.25) is 10.0 Å². The zero-order chi connectivity index (χ0) is 25.1. The highest BCUT2D eigenvalue weighted by molar-refractivity contribution is 8.03. The molecular weight excluding hydrogens is 527 g/mol. The average molecular weight is 552 g/mol. The number of rotatable bonds is 9. The van der Waals surface area contributed by atoms with Crippen LogP contribution >= 0.6 is 46.7 Å². The van der Waals surface area contributed by atoms with E-state index < -0.39 is 11.9 Å². The molecule has 0 aromatic heterocycles. The molecule has 1 atom stereocenters. The summed E-state index contributed by atoms with van der Waals surface area (Å²) in [4.78, 5) is 28.7. The molecule has 0 bridgehead atoms. The maximum absolute atomic E-state index is 11.3. The molecule has 184 valence electrons. The number of anilines is 2. The maximum Gasteiger partial charge on any atom is 0.305 e. The van der Waals surface area contributed by atoms with Gasteiger partial charge in [0.15, 0.2) is 0 Å². The minimum atomic E-state index is -0.857. The number of fused-ring (bicyclic) bond motifs is 2. The highest BCUT2D eigenvalue weighted by Crippen LogP contribution is 2.48. The van der Waals surface area contributed by atoms with Crippen LogP contribution in [0.15, 0.2) is 68.9 Å². The van der Waals surface area contributed by atoms with E-state index in [-0.39, 0.29) is 18.2 Å². The van der Waals surface area contributed by atoms with Gasteiger partial charge in [-0.15, -0.1) is 0 Å². The number of carbonyl (C=O) groups is 2. The van der Waals surface area contributed by atoms with E-state index in [0.717, 1.165) is 38.2 Å². The van der Waals surface area contributed by atoms with E-state index in [1.54, 1.807) is 23.5 Å². The molecule has 1 unspecified atom stereocenters. The molecule has 2 N–H and O–H groups in total. The predicted octanol–water partition coefficient (Wildman–Crippen LogP) is 6.97. The van der Waals surface area contributed by atoms with Gasteiger partial charge >= 0.3 is 11.9 Å². The van der Waals surface area contributed by atoms with E-state index in [4.69, 9.17) is 23.2 Å². The molecule has 0 spiro atoms. The second-order valence-electron chi connectivity index (χ2n) is 8.04. The number of hydrogen-bond donors (Lipinski definition) is 2. The van der Waals surface area contributed by atoms with Gasteiger partial charge in [-0.2, -0.15) is 0 Å². The van der Waals surface area contributed by atoms with Gasteiger partial charge in [0.25, 0.3) is 0 Å². The van der Waals surface area contributed by atoms with E-state index in [1.807, 2.05) is 41.3 Å². The van der Waals surface area contributed by atoms with Gasteiger partial charge in [0, 0.05) is 32.9 Å². The molecule has 4 rings (SSSR count). The monoisotopic (exact) mass is 550 g/mol. The lowest BCUT2D eigenvalue weighted by atomic mass is 10.1. The van der Waals surface area contributed by atoms with E-state index >= 15 is 0 Å². The van der Waals surface area contributed by atoms with Crippen molar-refractivity contribution in [2.24, 2.45) is 0 Å². The van der Waals surface area contributed by atoms with Gasteiger partial charge in [0.2, 0.25) is 0 Å². The van der Waals surface area contributed by atoms with Gasteiger partial charge in [-0.3, -0.25) is 9.59 Å². The van der Waals surface area contributed by atoms with Crippen LogP contribution in [0.5, 0.6) is 0 Å². The first-order valence-corrected chi connectivity index (χ1v) is 13.5. The summed E-state index contributed by atoms with van der Waals surface area (Å²) >= 11 is 15.7. The first kappa shape index (κ1) is 25.8. The van der Waals surface area contributed by atoms with E-state index in [2.05, 4.69) is 24.0 Å². The Morgan fingerprint density at radius 3 is 2.26 bits per heavy atom. The third-order valence-corrected chi connectivity index (χ3v) is 8.48. The minimum absolute atomic E-state index is 0.00649. The van der Waals surface area contributed by atoms with Gasteiger partial charge in [-0.25, -0.2) is 0 Å². The molecule has 2 aromatic rings. The van der Waals surface area contributed by atoms with Crippen LogP contribution in [-0.4, -0.2) is 40.6 Å². The SMILES string of the molecule is CCC(/C=C1\Sc2ccc(Cl)cc2N1CCC(=O)O)=C\C1Sc2ccc(Cl)cc2N1CCC(=O)O. The van der Waals surface area contributed by atoms with Gasteiger partial charge in [0.1, 0.15) is 0 Å². The zero-order valence-electron chi connectivity index (χ0n) is 18.9. The zero-order valence-corrected chi connectivity index (χ0v) is 22.1. The first-order chi connectivity index (χ1) is 16.7. The van der Waals surface area contributed by atoms with Gasteiger partial charge < -0.3 is 20.0 Å². The molecule has 0 fully saturated rings. The second kappa shape index (κ2) is 11.2. The fraction of sp³-hybridized carbons (Fsp3) is 0.280. The molecule has 0 amide bonds. The molecule has 0 saturated heterocycles. The lowest BCUT2D eigenvalue weighted by Gasteiger charge is -2.25. The van der Waals surface area contributed by atoms with Crippen molar-refractivity contribution in [3.05, 3.63) is 69.2 Å². The van der Waals surface area contributed by atoms with Crippen LogP contribution in [0, 0.1) is 0 Å². The summed E-state index contributed by atoms with van der Waals surface area (Å²) < 4.78 is 0. The third kappa shape index (κ3) is 6.12. The van der Waals surface area contributed by atoms with Crippen molar-refractivity contribution in [3.8, 4) is 0 Å². The summed E-state index contributed by atoms with van der Waals surface area (Å²) in [6.45, 7) is 2.78. The van der Waals surface area contributed by atoms with Crippen molar-refractivity contribution in [2.45, 2.75) is 41.4 Å². The maximum atomic E-state index is 11.3. The Balaban J connectivity index is 1.65. The Morgan fingerprint density at radius 1 is 0.971 bits per heavy atom. The quantitative estimate of drug-likeness (QED) is 0.346. The lowest BCUT2D eigenvalue weighted by molar-refractivity contribution is -0.137. The number of carboxylic acid groups (broad SMARTS) is 2. The highest BCUT2D eigenvalue weighted by atomic mass is 35.5. The van der Waals surface area contributed by atoms with Crippen molar-refractivity contribution in [1.29, 1.82) is 0 Å². The fourth-order valence-corrected chi connectivity index (χ4v) is 6.73. The van der Waals surface area contributed by atoms with Crippen LogP contribution in [0.25, 0.3) is 0 Å². The number of carboxylic acids is 2. The summed E-state index contributed by atoms with van der Waals surface area (Å²) in [6.07, 6.45) is 5.03. The van der Waals surface area contributed by atoms with E-state index in [0.29, 0.717) is 23.1 Å². The third-order valence-electron chi connectivity index (χ3n) is 5.67. The molecule has 0 aliphatic carbocycles. The van der Waals surface area contributed by atoms with Crippen molar-refractivity contribution < 1.29 is 19.8 Å². The van der Waals surface area contributed by atoms with Crippen molar-refractivity contribution in [1.82, 2.24) is 0 Å². The molecule has 35 heavy (non-hydrogen) atoms. The van der Waals surface area contributed by atoms with Crippen LogP contribution in [0.4, 0.5) is 11.4 Å². The predicted molar refractivity (Wildman–Crippen MR) is 144 cm³/mol. The Labute approximate surface area is 222 Å². The van der Waals surface area contributed by atoms with E-state index in [1.165, 1.54) is 0 Å². The van der Waals surface area contributed by atoms with Crippen molar-refractivity contribution in [2.75, 3.05) is 22.9 Å². The topological polar surface area (TPSA) is 81.1 Å². The molecule has 10 heteroatoms. The number of hydrogen-bond acceptors (Lipinski definition) is 6. The van der Waals surface area contributed by atoms with Crippen molar-refractivity contribution in [3.63, 3.8) is 0 Å². The van der Waals surface area contributed by atoms with Gasteiger partial charge in [0.05, 0.1) is 34.6 Å². The standard InChI is InChI=1S/C25H24Cl2N2O4S2/c1-2-15(11-22-28(9-7-24(30)31)18-13-16(26)3-5-20(18)34-22)12-23-29(10-8-25(32)33)19-14-17(27)4-6-21(19)35-23/h3-6,11-14,22H,2,7-10H2,1H3,(H,30,31)(H,32,33)/b15-11+,23-12-. The molecule has 2 aromatic carbocycles. The number of thioether (sulfide) groups is 2. The highest BCUT2D eigenvalue weighted by Gasteiger charge is 2.30. The number of nitrogens with zero attached hydrogens (tertiary/aromatic N) is 2. The molecular formula is C25H24Cl2N2O4S2. The molecule has 0 saturated carbocycles. The minimum Gasteiger partial charge on any atom is -0.481 e. The number of allylic oxidation sites excluding steroid dienone is 2. The van der Waals surface area contributed by atoms with E-state index in [9.17, 15) is 19.8 Å². The number of aliphatic carboxylic acids is 2. The van der Waals surface area contributed by atoms with Crippen LogP contribution in [-0.2, 0) is 9.59 Å². The second-order valence-corrected chi connectivity index (χ2v) is 11.1. The average Bonchev–Trinajstić information content (AvgIpc) is 3.31. The summed E-state index contributed by atoms with van der Waals surface area (Å²) in [5, 5.41) is 20.6. The van der Waals surface area contributed by atoms with Gasteiger partial charge in [-0.1, -0.05) is 53.6 Å². The largest absolute Gasteiger partial charge is 0.481 e. The fourth-order valence-electron chi connectivity index (χ4n) is 3.96. The van der Waals surface area contributed by atoms with Crippen LogP contribution in [0.3, 0.4) is 0 Å². The van der Waals surface area contributed by atoms with Crippen molar-refractivity contribution >= 4 is 70.0 Å². The summed E-state index contributed by atoms with van der Waals surface area (Å²) in [5.74, 6) is -1.71. The Hall–Kier alpha value is -2.26. The molecule has 2 heterocycles. The molecule has 6 nitrogen and oxygen atoms in total. The first-order valence-electron chi connectivity index (χ1n) is 11.1. The summed E-state index contributed by atoms with van der Waals surface area (Å²) in [6, 6.07) is 11.3. The van der Waals surface area contributed by atoms with Crippen LogP contribution < -0.4 is 9.80 Å². The summed E-state index contributed by atoms with van der Waals surface area (Å²) in [5.41, 5.74) is 2.92.